The Hall–Kier alpha value is -1.01. The SMILES string of the molecule is CCOC(=O)CC(=O)c1cc(F)c(F)c(Br)c1Cl. The number of carbonyl (C=O) groups is 2. The number of esters is 1. The van der Waals surface area contributed by atoms with E-state index in [0.717, 1.165) is 0 Å². The van der Waals surface area contributed by atoms with Gasteiger partial charge in [0.25, 0.3) is 0 Å². The van der Waals surface area contributed by atoms with E-state index in [9.17, 15) is 18.4 Å². The van der Waals surface area contributed by atoms with E-state index in [2.05, 4.69) is 20.7 Å². The minimum absolute atomic E-state index is 0.126. The molecule has 7 heteroatoms. The number of halogens is 4. The van der Waals surface area contributed by atoms with Crippen molar-refractivity contribution in [1.29, 1.82) is 0 Å². The van der Waals surface area contributed by atoms with E-state index < -0.39 is 29.8 Å². The number of benzene rings is 1. The minimum atomic E-state index is -1.22. The maximum absolute atomic E-state index is 13.1. The van der Waals surface area contributed by atoms with Gasteiger partial charge in [-0.15, -0.1) is 0 Å². The average Bonchev–Trinajstić information content (AvgIpc) is 2.31. The van der Waals surface area contributed by atoms with Crippen molar-refractivity contribution in [1.82, 2.24) is 0 Å². The molecule has 0 saturated carbocycles. The first-order valence-electron chi connectivity index (χ1n) is 4.90. The first-order valence-corrected chi connectivity index (χ1v) is 6.07. The predicted molar refractivity (Wildman–Crippen MR) is 64.6 cm³/mol. The summed E-state index contributed by atoms with van der Waals surface area (Å²) in [5.41, 5.74) is -0.268. The summed E-state index contributed by atoms with van der Waals surface area (Å²) in [7, 11) is 0. The van der Waals surface area contributed by atoms with E-state index in [1.54, 1.807) is 6.92 Å². The van der Waals surface area contributed by atoms with Gasteiger partial charge in [0, 0.05) is 5.56 Å². The van der Waals surface area contributed by atoms with Gasteiger partial charge in [0.2, 0.25) is 0 Å². The molecule has 0 aliphatic rings. The minimum Gasteiger partial charge on any atom is -0.466 e. The summed E-state index contributed by atoms with van der Waals surface area (Å²) in [6, 6.07) is 0.657. The van der Waals surface area contributed by atoms with E-state index in [1.165, 1.54) is 0 Å². The third kappa shape index (κ3) is 3.26. The largest absolute Gasteiger partial charge is 0.466 e. The van der Waals surface area contributed by atoms with Gasteiger partial charge in [-0.25, -0.2) is 8.78 Å². The third-order valence-electron chi connectivity index (χ3n) is 2.01. The topological polar surface area (TPSA) is 43.4 Å². The molecule has 1 aromatic carbocycles. The Balaban J connectivity index is 3.04. The van der Waals surface area contributed by atoms with Crippen LogP contribution in [-0.2, 0) is 9.53 Å². The molecule has 0 saturated heterocycles. The zero-order valence-electron chi connectivity index (χ0n) is 9.23. The van der Waals surface area contributed by atoms with Crippen LogP contribution in [0.4, 0.5) is 8.78 Å². The van der Waals surface area contributed by atoms with E-state index >= 15 is 0 Å². The molecular formula is C11H8BrClF2O3. The van der Waals surface area contributed by atoms with Gasteiger partial charge in [0.05, 0.1) is 16.1 Å². The Morgan fingerprint density at radius 3 is 2.61 bits per heavy atom. The number of hydrogen-bond acceptors (Lipinski definition) is 3. The highest BCUT2D eigenvalue weighted by Gasteiger charge is 2.21. The smallest absolute Gasteiger partial charge is 0.313 e. The Morgan fingerprint density at radius 2 is 2.06 bits per heavy atom. The number of ketones is 1. The van der Waals surface area contributed by atoms with Crippen LogP contribution in [0.2, 0.25) is 5.02 Å². The normalized spacial score (nSPS) is 10.3. The van der Waals surface area contributed by atoms with Crippen molar-refractivity contribution in [2.45, 2.75) is 13.3 Å². The van der Waals surface area contributed by atoms with Gasteiger partial charge in [-0.3, -0.25) is 9.59 Å². The Kier molecular flexibility index (Phi) is 5.22. The molecule has 0 heterocycles. The number of hydrogen-bond donors (Lipinski definition) is 0. The maximum atomic E-state index is 13.1. The molecule has 1 aromatic rings. The standard InChI is InChI=1S/C11H8BrClF2O3/c1-2-18-8(17)4-7(16)5-3-6(14)11(15)9(12)10(5)13/h3H,2,4H2,1H3. The average molecular weight is 342 g/mol. The van der Waals surface area contributed by atoms with Gasteiger partial charge in [0.15, 0.2) is 17.4 Å². The molecule has 0 unspecified atom stereocenters. The van der Waals surface area contributed by atoms with Crippen LogP contribution in [0.15, 0.2) is 10.5 Å². The van der Waals surface area contributed by atoms with Crippen molar-refractivity contribution in [3.63, 3.8) is 0 Å². The van der Waals surface area contributed by atoms with E-state index in [-0.39, 0.29) is 21.7 Å². The van der Waals surface area contributed by atoms with Crippen LogP contribution >= 0.6 is 27.5 Å². The molecule has 1 rings (SSSR count). The number of Topliss-reactive ketones (excluding diaryl/α,β-unsaturated/α-hetero) is 1. The second kappa shape index (κ2) is 6.24. The van der Waals surface area contributed by atoms with E-state index in [1.807, 2.05) is 0 Å². The lowest BCUT2D eigenvalue weighted by molar-refractivity contribution is -0.141. The molecule has 0 aromatic heterocycles. The van der Waals surface area contributed by atoms with Crippen molar-refractivity contribution < 1.29 is 23.1 Å². The molecule has 0 spiro atoms. The van der Waals surface area contributed by atoms with Crippen molar-refractivity contribution in [3.8, 4) is 0 Å². The predicted octanol–water partition coefficient (Wildman–Crippen LogP) is 3.52. The summed E-state index contributed by atoms with van der Waals surface area (Å²) in [5, 5.41) is -0.275. The van der Waals surface area contributed by atoms with Gasteiger partial charge in [-0.1, -0.05) is 11.6 Å². The summed E-state index contributed by atoms with van der Waals surface area (Å²) >= 11 is 8.43. The fraction of sp³-hybridized carbons (Fsp3) is 0.273. The fourth-order valence-corrected chi connectivity index (χ4v) is 1.86. The monoisotopic (exact) mass is 340 g/mol. The maximum Gasteiger partial charge on any atom is 0.313 e. The number of ether oxygens (including phenoxy) is 1. The lowest BCUT2D eigenvalue weighted by Crippen LogP contribution is -2.12. The molecule has 18 heavy (non-hydrogen) atoms. The third-order valence-corrected chi connectivity index (χ3v) is 3.38. The van der Waals surface area contributed by atoms with Crippen LogP contribution in [0.25, 0.3) is 0 Å². The summed E-state index contributed by atoms with van der Waals surface area (Å²) in [5.74, 6) is -3.90. The summed E-state index contributed by atoms with van der Waals surface area (Å²) in [6.45, 7) is 1.71. The Morgan fingerprint density at radius 1 is 1.44 bits per heavy atom. The molecule has 0 aliphatic heterocycles. The van der Waals surface area contributed by atoms with Crippen LogP contribution in [0.5, 0.6) is 0 Å². The Labute approximate surface area is 115 Å². The second-order valence-corrected chi connectivity index (χ2v) is 4.42. The van der Waals surface area contributed by atoms with Crippen molar-refractivity contribution in [3.05, 3.63) is 32.8 Å². The lowest BCUT2D eigenvalue weighted by atomic mass is 10.1. The Bertz CT molecular complexity index is 506. The zero-order chi connectivity index (χ0) is 13.9. The highest BCUT2D eigenvalue weighted by Crippen LogP contribution is 2.31. The molecule has 0 atom stereocenters. The van der Waals surface area contributed by atoms with Crippen molar-refractivity contribution >= 4 is 39.3 Å². The second-order valence-electron chi connectivity index (χ2n) is 3.25. The highest BCUT2D eigenvalue weighted by atomic mass is 79.9. The number of carbonyl (C=O) groups excluding carboxylic acids is 2. The molecule has 0 N–H and O–H groups in total. The van der Waals surface area contributed by atoms with Crippen molar-refractivity contribution in [2.75, 3.05) is 6.61 Å². The summed E-state index contributed by atoms with van der Waals surface area (Å²) in [4.78, 5) is 22.8. The molecular weight excluding hydrogens is 333 g/mol. The van der Waals surface area contributed by atoms with E-state index in [4.69, 9.17) is 11.6 Å². The van der Waals surface area contributed by atoms with Crippen LogP contribution in [0.3, 0.4) is 0 Å². The highest BCUT2D eigenvalue weighted by molar-refractivity contribution is 9.10. The molecule has 0 amide bonds. The lowest BCUT2D eigenvalue weighted by Gasteiger charge is -2.07. The van der Waals surface area contributed by atoms with Crippen LogP contribution in [0, 0.1) is 11.6 Å². The molecule has 98 valence electrons. The molecule has 0 fully saturated rings. The van der Waals surface area contributed by atoms with Gasteiger partial charge in [-0.2, -0.15) is 0 Å². The summed E-state index contributed by atoms with van der Waals surface area (Å²) < 4.78 is 30.5. The van der Waals surface area contributed by atoms with Gasteiger partial charge in [0.1, 0.15) is 6.42 Å². The molecule has 0 bridgehead atoms. The van der Waals surface area contributed by atoms with Crippen LogP contribution in [-0.4, -0.2) is 18.4 Å². The molecule has 3 nitrogen and oxygen atoms in total. The van der Waals surface area contributed by atoms with Gasteiger partial charge >= 0.3 is 5.97 Å². The number of rotatable bonds is 4. The first kappa shape index (κ1) is 15.0. The van der Waals surface area contributed by atoms with Gasteiger partial charge < -0.3 is 4.74 Å². The van der Waals surface area contributed by atoms with E-state index in [0.29, 0.717) is 6.07 Å². The summed E-state index contributed by atoms with van der Waals surface area (Å²) in [6.07, 6.45) is -0.578. The van der Waals surface area contributed by atoms with Crippen LogP contribution < -0.4 is 0 Å². The van der Waals surface area contributed by atoms with Gasteiger partial charge in [-0.05, 0) is 28.9 Å². The molecule has 0 radical (unpaired) electrons. The zero-order valence-corrected chi connectivity index (χ0v) is 11.6. The van der Waals surface area contributed by atoms with Crippen molar-refractivity contribution in [2.24, 2.45) is 0 Å². The quantitative estimate of drug-likeness (QED) is 0.277. The first-order chi connectivity index (χ1) is 8.38. The van der Waals surface area contributed by atoms with Crippen LogP contribution in [0.1, 0.15) is 23.7 Å². The fourth-order valence-electron chi connectivity index (χ4n) is 1.21. The molecule has 0 aliphatic carbocycles.